The molecule has 0 aliphatic heterocycles. The van der Waals surface area contributed by atoms with Gasteiger partial charge in [-0.3, -0.25) is 0 Å². The van der Waals surface area contributed by atoms with E-state index in [-0.39, 0.29) is 0 Å². The second kappa shape index (κ2) is 5.36. The van der Waals surface area contributed by atoms with E-state index < -0.39 is 0 Å². The molecule has 12 heavy (non-hydrogen) atoms. The third kappa shape index (κ3) is 2.63. The molecule has 0 bridgehead atoms. The van der Waals surface area contributed by atoms with Crippen molar-refractivity contribution in [2.75, 3.05) is 6.54 Å². The maximum Gasteiger partial charge on any atom is 0.0276 e. The third-order valence-corrected chi connectivity index (χ3v) is 2.63. The molecule has 1 aliphatic carbocycles. The second-order valence-electron chi connectivity index (χ2n) is 3.54. The van der Waals surface area contributed by atoms with Crippen LogP contribution in [0.15, 0.2) is 11.6 Å². The van der Waals surface area contributed by atoms with E-state index in [2.05, 4.69) is 25.2 Å². The highest BCUT2D eigenvalue weighted by Crippen LogP contribution is 2.21. The summed E-state index contributed by atoms with van der Waals surface area (Å²) in [4.78, 5) is 0. The summed E-state index contributed by atoms with van der Waals surface area (Å²) in [5.74, 6) is 0. The minimum atomic E-state index is 0.662. The van der Waals surface area contributed by atoms with Gasteiger partial charge in [0.15, 0.2) is 0 Å². The molecule has 0 fully saturated rings. The van der Waals surface area contributed by atoms with Gasteiger partial charge in [0.1, 0.15) is 0 Å². The zero-order chi connectivity index (χ0) is 8.81. The molecule has 0 heterocycles. The molecule has 1 rings (SSSR count). The number of hydrogen-bond acceptors (Lipinski definition) is 1. The second-order valence-corrected chi connectivity index (χ2v) is 3.54. The Bertz CT molecular complexity index is 149. The van der Waals surface area contributed by atoms with Gasteiger partial charge in [-0.25, -0.2) is 0 Å². The van der Waals surface area contributed by atoms with Crippen LogP contribution in [0.1, 0.15) is 46.0 Å². The van der Waals surface area contributed by atoms with Crippen molar-refractivity contribution in [3.8, 4) is 0 Å². The van der Waals surface area contributed by atoms with Crippen LogP contribution < -0.4 is 5.32 Å². The molecule has 0 amide bonds. The van der Waals surface area contributed by atoms with E-state index >= 15 is 0 Å². The fraction of sp³-hybridized carbons (Fsp3) is 0.818. The first kappa shape index (κ1) is 9.79. The number of nitrogens with one attached hydrogen (secondary N) is 1. The molecule has 0 aromatic rings. The van der Waals surface area contributed by atoms with Crippen molar-refractivity contribution < 1.29 is 0 Å². The summed E-state index contributed by atoms with van der Waals surface area (Å²) in [6.45, 7) is 5.55. The fourth-order valence-corrected chi connectivity index (χ4v) is 1.96. The molecule has 1 unspecified atom stereocenters. The Hall–Kier alpha value is -0.300. The van der Waals surface area contributed by atoms with E-state index in [4.69, 9.17) is 0 Å². The van der Waals surface area contributed by atoms with Gasteiger partial charge in [0.25, 0.3) is 0 Å². The van der Waals surface area contributed by atoms with Gasteiger partial charge < -0.3 is 5.32 Å². The lowest BCUT2D eigenvalue weighted by atomic mass is 9.92. The summed E-state index contributed by atoms with van der Waals surface area (Å²) < 4.78 is 0. The average molecular weight is 167 g/mol. The molecule has 0 aromatic heterocycles. The van der Waals surface area contributed by atoms with Crippen molar-refractivity contribution >= 4 is 0 Å². The molecular formula is C11H21N. The molecule has 70 valence electrons. The van der Waals surface area contributed by atoms with Crippen LogP contribution >= 0.6 is 0 Å². The van der Waals surface area contributed by atoms with Crippen LogP contribution in [-0.4, -0.2) is 12.6 Å². The summed E-state index contributed by atoms with van der Waals surface area (Å²) >= 11 is 0. The Labute approximate surface area is 76.2 Å². The molecule has 0 radical (unpaired) electrons. The van der Waals surface area contributed by atoms with Gasteiger partial charge in [0.05, 0.1) is 0 Å². The minimum Gasteiger partial charge on any atom is -0.311 e. The normalized spacial score (nSPS) is 20.3. The monoisotopic (exact) mass is 167 g/mol. The highest BCUT2D eigenvalue weighted by molar-refractivity contribution is 5.12. The van der Waals surface area contributed by atoms with Gasteiger partial charge in [-0.15, -0.1) is 0 Å². The van der Waals surface area contributed by atoms with Gasteiger partial charge in [-0.2, -0.15) is 0 Å². The van der Waals surface area contributed by atoms with Crippen molar-refractivity contribution in [3.05, 3.63) is 11.6 Å². The number of likely N-dealkylation sites (N-methyl/N-ethyl adjacent to an activating group) is 1. The smallest absolute Gasteiger partial charge is 0.0276 e. The number of allylic oxidation sites excluding steroid dienone is 1. The predicted octanol–water partition coefficient (Wildman–Crippen LogP) is 2.87. The van der Waals surface area contributed by atoms with E-state index in [0.717, 1.165) is 6.54 Å². The Morgan fingerprint density at radius 3 is 2.75 bits per heavy atom. The maximum absolute atomic E-state index is 3.53. The fourth-order valence-electron chi connectivity index (χ4n) is 1.96. The Morgan fingerprint density at radius 2 is 2.25 bits per heavy atom. The molecule has 0 aromatic carbocycles. The summed E-state index contributed by atoms with van der Waals surface area (Å²) in [5, 5.41) is 3.53. The highest BCUT2D eigenvalue weighted by atomic mass is 14.9. The lowest BCUT2D eigenvalue weighted by Crippen LogP contribution is -2.30. The summed E-state index contributed by atoms with van der Waals surface area (Å²) in [5.41, 5.74) is 1.66. The van der Waals surface area contributed by atoms with E-state index in [1.54, 1.807) is 5.57 Å². The highest BCUT2D eigenvalue weighted by Gasteiger charge is 2.12. The Balaban J connectivity index is 2.45. The van der Waals surface area contributed by atoms with Crippen LogP contribution in [0.4, 0.5) is 0 Å². The van der Waals surface area contributed by atoms with Gasteiger partial charge in [0, 0.05) is 6.04 Å². The number of rotatable bonds is 4. The first-order chi connectivity index (χ1) is 5.88. The van der Waals surface area contributed by atoms with E-state index in [1.165, 1.54) is 32.1 Å². The van der Waals surface area contributed by atoms with Crippen molar-refractivity contribution in [1.29, 1.82) is 0 Å². The molecule has 1 nitrogen and oxygen atoms in total. The van der Waals surface area contributed by atoms with Crippen LogP contribution in [0.25, 0.3) is 0 Å². The largest absolute Gasteiger partial charge is 0.311 e. The molecule has 0 spiro atoms. The van der Waals surface area contributed by atoms with Gasteiger partial charge in [0.2, 0.25) is 0 Å². The summed E-state index contributed by atoms with van der Waals surface area (Å²) in [6, 6.07) is 0.662. The molecule has 1 N–H and O–H groups in total. The third-order valence-electron chi connectivity index (χ3n) is 2.63. The predicted molar refractivity (Wildman–Crippen MR) is 54.3 cm³/mol. The first-order valence-corrected chi connectivity index (χ1v) is 5.30. The minimum absolute atomic E-state index is 0.662. The molecule has 0 saturated carbocycles. The standard InChI is InChI=1S/C11H21N/c1-3-11(12-4-2)10-8-6-5-7-9-10/h8,11-12H,3-7,9H2,1-2H3. The van der Waals surface area contributed by atoms with Gasteiger partial charge in [-0.1, -0.05) is 25.5 Å². The van der Waals surface area contributed by atoms with Crippen LogP contribution in [0.3, 0.4) is 0 Å². The van der Waals surface area contributed by atoms with Crippen LogP contribution in [-0.2, 0) is 0 Å². The molecule has 0 saturated heterocycles. The Morgan fingerprint density at radius 1 is 1.42 bits per heavy atom. The zero-order valence-electron chi connectivity index (χ0n) is 8.40. The van der Waals surface area contributed by atoms with Crippen LogP contribution in [0.2, 0.25) is 0 Å². The van der Waals surface area contributed by atoms with E-state index in [9.17, 15) is 0 Å². The summed E-state index contributed by atoms with van der Waals surface area (Å²) in [6.07, 6.45) is 9.10. The van der Waals surface area contributed by atoms with Gasteiger partial charge >= 0.3 is 0 Å². The van der Waals surface area contributed by atoms with Crippen molar-refractivity contribution in [3.63, 3.8) is 0 Å². The quantitative estimate of drug-likeness (QED) is 0.635. The van der Waals surface area contributed by atoms with E-state index in [0.29, 0.717) is 6.04 Å². The molecule has 1 atom stereocenters. The molecule has 1 aliphatic rings. The van der Waals surface area contributed by atoms with Crippen molar-refractivity contribution in [2.45, 2.75) is 52.0 Å². The first-order valence-electron chi connectivity index (χ1n) is 5.30. The zero-order valence-corrected chi connectivity index (χ0v) is 8.40. The SMILES string of the molecule is CCNC(CC)C1=CCCCC1. The Kier molecular flexibility index (Phi) is 4.37. The summed E-state index contributed by atoms with van der Waals surface area (Å²) in [7, 11) is 0. The van der Waals surface area contributed by atoms with Crippen LogP contribution in [0.5, 0.6) is 0 Å². The van der Waals surface area contributed by atoms with Crippen molar-refractivity contribution in [1.82, 2.24) is 5.32 Å². The van der Waals surface area contributed by atoms with E-state index in [1.807, 2.05) is 0 Å². The average Bonchev–Trinajstić information content (AvgIpc) is 2.15. The van der Waals surface area contributed by atoms with Gasteiger partial charge in [-0.05, 0) is 38.6 Å². The van der Waals surface area contributed by atoms with Crippen LogP contribution in [0, 0.1) is 0 Å². The maximum atomic E-state index is 3.53. The topological polar surface area (TPSA) is 12.0 Å². The molecule has 1 heteroatoms. The van der Waals surface area contributed by atoms with Crippen molar-refractivity contribution in [2.24, 2.45) is 0 Å². The lowest BCUT2D eigenvalue weighted by molar-refractivity contribution is 0.532. The molecular weight excluding hydrogens is 146 g/mol. The number of hydrogen-bond donors (Lipinski definition) is 1. The lowest BCUT2D eigenvalue weighted by Gasteiger charge is -2.22.